The summed E-state index contributed by atoms with van der Waals surface area (Å²) in [6.45, 7) is 2.60. The highest BCUT2D eigenvalue weighted by molar-refractivity contribution is 7.19. The van der Waals surface area contributed by atoms with Crippen molar-refractivity contribution in [2.75, 3.05) is 25.5 Å². The SMILES string of the molecule is CCOc1cc2c(cc1Nc1ncnc3sc4c(c13)CC[C@H](C(=O)N(C)CC(F)F)C4)C=NC2. The van der Waals surface area contributed by atoms with Crippen molar-refractivity contribution in [3.8, 4) is 5.75 Å². The van der Waals surface area contributed by atoms with Crippen molar-refractivity contribution in [2.24, 2.45) is 10.9 Å². The third-order valence-electron chi connectivity index (χ3n) is 6.27. The van der Waals surface area contributed by atoms with Gasteiger partial charge in [-0.25, -0.2) is 18.7 Å². The summed E-state index contributed by atoms with van der Waals surface area (Å²) >= 11 is 1.54. The number of nitrogens with one attached hydrogen (secondary N) is 1. The predicted molar refractivity (Wildman–Crippen MR) is 129 cm³/mol. The van der Waals surface area contributed by atoms with E-state index >= 15 is 0 Å². The largest absolute Gasteiger partial charge is 0.492 e. The Hall–Kier alpha value is -3.14. The predicted octanol–water partition coefficient (Wildman–Crippen LogP) is 4.59. The number of halogens is 2. The maximum absolute atomic E-state index is 12.7. The van der Waals surface area contributed by atoms with Crippen LogP contribution < -0.4 is 10.1 Å². The van der Waals surface area contributed by atoms with Crippen LogP contribution in [0.15, 0.2) is 23.5 Å². The number of rotatable bonds is 7. The number of aryl methyl sites for hydroxylation is 1. The highest BCUT2D eigenvalue weighted by atomic mass is 32.1. The second-order valence-electron chi connectivity index (χ2n) is 8.53. The molecule has 7 nitrogen and oxygen atoms in total. The van der Waals surface area contributed by atoms with Crippen molar-refractivity contribution < 1.29 is 18.3 Å². The van der Waals surface area contributed by atoms with Gasteiger partial charge in [-0.1, -0.05) is 0 Å². The zero-order valence-corrected chi connectivity index (χ0v) is 19.8. The Labute approximate surface area is 199 Å². The fourth-order valence-corrected chi connectivity index (χ4v) is 5.93. The number of hydrogen-bond donors (Lipinski definition) is 1. The molecule has 1 aromatic carbocycles. The Morgan fingerprint density at radius 3 is 3.00 bits per heavy atom. The summed E-state index contributed by atoms with van der Waals surface area (Å²) in [5.74, 6) is 0.913. The molecule has 0 saturated carbocycles. The summed E-state index contributed by atoms with van der Waals surface area (Å²) in [5.41, 5.74) is 4.12. The van der Waals surface area contributed by atoms with Gasteiger partial charge in [-0.05, 0) is 55.0 Å². The summed E-state index contributed by atoms with van der Waals surface area (Å²) in [7, 11) is 1.44. The first kappa shape index (κ1) is 22.6. The first-order valence-corrected chi connectivity index (χ1v) is 12.1. The minimum atomic E-state index is -2.53. The van der Waals surface area contributed by atoms with Crippen LogP contribution in [-0.2, 0) is 24.2 Å². The van der Waals surface area contributed by atoms with Crippen LogP contribution >= 0.6 is 11.3 Å². The van der Waals surface area contributed by atoms with E-state index in [9.17, 15) is 13.6 Å². The highest BCUT2D eigenvalue weighted by Crippen LogP contribution is 2.42. The molecule has 5 rings (SSSR count). The molecule has 3 heterocycles. The molecule has 2 aliphatic rings. The maximum atomic E-state index is 12.7. The lowest BCUT2D eigenvalue weighted by Crippen LogP contribution is -2.38. The van der Waals surface area contributed by atoms with Crippen molar-refractivity contribution in [2.45, 2.75) is 39.2 Å². The van der Waals surface area contributed by atoms with E-state index in [0.29, 0.717) is 38.2 Å². The Morgan fingerprint density at radius 1 is 1.35 bits per heavy atom. The summed E-state index contributed by atoms with van der Waals surface area (Å²) < 4.78 is 31.3. The molecule has 1 aliphatic carbocycles. The Kier molecular flexibility index (Phi) is 6.16. The number of carbonyl (C=O) groups excluding carboxylic acids is 1. The molecule has 2 aromatic heterocycles. The monoisotopic (exact) mass is 485 g/mol. The molecule has 1 N–H and O–H groups in total. The van der Waals surface area contributed by atoms with Gasteiger partial charge in [0.2, 0.25) is 5.91 Å². The molecule has 178 valence electrons. The molecule has 10 heteroatoms. The number of fused-ring (bicyclic) bond motifs is 4. The third-order valence-corrected chi connectivity index (χ3v) is 7.43. The van der Waals surface area contributed by atoms with Gasteiger partial charge in [0.05, 0.1) is 30.8 Å². The lowest BCUT2D eigenvalue weighted by Gasteiger charge is -2.26. The fourth-order valence-electron chi connectivity index (χ4n) is 4.66. The molecule has 0 unspecified atom stereocenters. The molecule has 1 atom stereocenters. The normalized spacial score (nSPS) is 16.6. The third kappa shape index (κ3) is 4.22. The molecule has 0 radical (unpaired) electrons. The van der Waals surface area contributed by atoms with Crippen molar-refractivity contribution in [3.63, 3.8) is 0 Å². The number of hydrogen-bond acceptors (Lipinski definition) is 7. The average molecular weight is 486 g/mol. The van der Waals surface area contributed by atoms with Gasteiger partial charge in [-0.3, -0.25) is 9.79 Å². The van der Waals surface area contributed by atoms with E-state index in [1.807, 2.05) is 25.3 Å². The molecule has 0 saturated heterocycles. The minimum Gasteiger partial charge on any atom is -0.492 e. The number of ether oxygens (including phenoxy) is 1. The number of aromatic nitrogens is 2. The zero-order chi connectivity index (χ0) is 23.8. The summed E-state index contributed by atoms with van der Waals surface area (Å²) in [6.07, 6.45) is 2.67. The van der Waals surface area contributed by atoms with Gasteiger partial charge in [0.1, 0.15) is 22.7 Å². The van der Waals surface area contributed by atoms with Crippen molar-refractivity contribution in [3.05, 3.63) is 40.0 Å². The molecule has 0 fully saturated rings. The van der Waals surface area contributed by atoms with Crippen LogP contribution in [0.1, 0.15) is 34.9 Å². The lowest BCUT2D eigenvalue weighted by atomic mass is 9.87. The Bertz CT molecular complexity index is 1280. The van der Waals surface area contributed by atoms with E-state index < -0.39 is 13.0 Å². The molecular weight excluding hydrogens is 460 g/mol. The highest BCUT2D eigenvalue weighted by Gasteiger charge is 2.31. The topological polar surface area (TPSA) is 79.7 Å². The standard InChI is InChI=1S/C24H25F2N5O2S/c1-3-33-18-7-15-10-27-9-14(15)6-17(18)30-22-21-16-5-4-13(24(32)31(2)11-20(25)26)8-19(16)34-23(21)29-12-28-22/h6-7,9,12-13,20H,3-5,8,10-11H2,1-2H3,(H,28,29,30)/t13-/m0/s1. The molecule has 0 bridgehead atoms. The molecule has 0 spiro atoms. The smallest absolute Gasteiger partial charge is 0.255 e. The quantitative estimate of drug-likeness (QED) is 0.529. The maximum Gasteiger partial charge on any atom is 0.255 e. The van der Waals surface area contributed by atoms with Crippen molar-refractivity contribution in [1.29, 1.82) is 0 Å². The number of anilines is 2. The number of amides is 1. The van der Waals surface area contributed by atoms with E-state index in [2.05, 4.69) is 20.3 Å². The fraction of sp³-hybridized carbons (Fsp3) is 0.417. The number of carbonyl (C=O) groups is 1. The van der Waals surface area contributed by atoms with E-state index in [-0.39, 0.29) is 11.8 Å². The molecule has 3 aromatic rings. The summed E-state index contributed by atoms with van der Waals surface area (Å²) in [6, 6.07) is 4.04. The molecule has 1 amide bonds. The van der Waals surface area contributed by atoms with Crippen LogP contribution in [-0.4, -0.2) is 53.6 Å². The molecule has 34 heavy (non-hydrogen) atoms. The van der Waals surface area contributed by atoms with Gasteiger partial charge < -0.3 is 15.0 Å². The number of alkyl halides is 2. The van der Waals surface area contributed by atoms with Gasteiger partial charge in [0.25, 0.3) is 6.43 Å². The first-order chi connectivity index (χ1) is 16.4. The van der Waals surface area contributed by atoms with Crippen molar-refractivity contribution >= 4 is 45.2 Å². The van der Waals surface area contributed by atoms with Crippen LogP contribution in [0.3, 0.4) is 0 Å². The zero-order valence-electron chi connectivity index (χ0n) is 19.0. The summed E-state index contributed by atoms with van der Waals surface area (Å²) in [5, 5.41) is 4.40. The first-order valence-electron chi connectivity index (χ1n) is 11.3. The minimum absolute atomic E-state index is 0.228. The van der Waals surface area contributed by atoms with Gasteiger partial charge in [-0.15, -0.1) is 11.3 Å². The second-order valence-corrected chi connectivity index (χ2v) is 9.61. The van der Waals surface area contributed by atoms with Crippen LogP contribution in [0.5, 0.6) is 5.75 Å². The van der Waals surface area contributed by atoms with E-state index in [1.54, 1.807) is 11.3 Å². The van der Waals surface area contributed by atoms with Crippen molar-refractivity contribution in [1.82, 2.24) is 14.9 Å². The van der Waals surface area contributed by atoms with E-state index in [4.69, 9.17) is 4.74 Å². The number of nitrogens with zero attached hydrogens (tertiary/aromatic N) is 4. The molecular formula is C24H25F2N5O2S. The van der Waals surface area contributed by atoms with Gasteiger partial charge in [-0.2, -0.15) is 0 Å². The molecule has 1 aliphatic heterocycles. The van der Waals surface area contributed by atoms with E-state index in [0.717, 1.165) is 48.1 Å². The second kappa shape index (κ2) is 9.25. The van der Waals surface area contributed by atoms with Crippen LogP contribution in [0.4, 0.5) is 20.3 Å². The Balaban J connectivity index is 1.46. The van der Waals surface area contributed by atoms with Crippen LogP contribution in [0.25, 0.3) is 10.2 Å². The number of benzene rings is 1. The Morgan fingerprint density at radius 2 is 2.21 bits per heavy atom. The van der Waals surface area contributed by atoms with Gasteiger partial charge >= 0.3 is 0 Å². The number of thiophene rings is 1. The lowest BCUT2D eigenvalue weighted by molar-refractivity contribution is -0.136. The number of aliphatic imine (C=N–C) groups is 1. The van der Waals surface area contributed by atoms with Crippen LogP contribution in [0, 0.1) is 5.92 Å². The average Bonchev–Trinajstić information content (AvgIpc) is 3.42. The van der Waals surface area contributed by atoms with E-state index in [1.165, 1.54) is 13.4 Å². The van der Waals surface area contributed by atoms with Gasteiger partial charge in [0, 0.05) is 24.1 Å². The van der Waals surface area contributed by atoms with Gasteiger partial charge in [0.15, 0.2) is 0 Å². The van der Waals surface area contributed by atoms with Crippen LogP contribution in [0.2, 0.25) is 0 Å². The summed E-state index contributed by atoms with van der Waals surface area (Å²) in [4.78, 5) is 29.1.